The van der Waals surface area contributed by atoms with Crippen LogP contribution < -0.4 is 0 Å². The molecular weight excluding hydrogens is 355 g/mol. The van der Waals surface area contributed by atoms with E-state index in [1.165, 1.54) is 37.7 Å². The van der Waals surface area contributed by atoms with Crippen LogP contribution in [0.4, 0.5) is 4.39 Å². The lowest BCUT2D eigenvalue weighted by Gasteiger charge is -2.31. The van der Waals surface area contributed by atoms with E-state index in [1.54, 1.807) is 28.8 Å². The number of rotatable bonds is 4. The minimum absolute atomic E-state index is 0.214. The van der Waals surface area contributed by atoms with Crippen LogP contribution in [0, 0.1) is 11.7 Å². The van der Waals surface area contributed by atoms with Crippen LogP contribution in [-0.4, -0.2) is 0 Å². The van der Waals surface area contributed by atoms with Gasteiger partial charge in [-0.1, -0.05) is 55.3 Å². The summed E-state index contributed by atoms with van der Waals surface area (Å²) in [4.78, 5) is 0. The van der Waals surface area contributed by atoms with Gasteiger partial charge in [0.05, 0.1) is 5.02 Å². The predicted octanol–water partition coefficient (Wildman–Crippen LogP) is 7.21. The Morgan fingerprint density at radius 3 is 2.52 bits per heavy atom. The zero-order chi connectivity index (χ0) is 18.8. The van der Waals surface area contributed by atoms with Crippen molar-refractivity contribution in [2.45, 2.75) is 64.2 Å². The van der Waals surface area contributed by atoms with Crippen LogP contribution in [0.15, 0.2) is 42.5 Å². The third kappa shape index (κ3) is 3.99. The van der Waals surface area contributed by atoms with Crippen molar-refractivity contribution in [3.63, 3.8) is 0 Å². The Kier molecular flexibility index (Phi) is 5.68. The summed E-state index contributed by atoms with van der Waals surface area (Å²) in [6.45, 7) is 2.23. The summed E-state index contributed by atoms with van der Waals surface area (Å²) in [6.07, 6.45) is 14.1. The Morgan fingerprint density at radius 1 is 1.04 bits per heavy atom. The van der Waals surface area contributed by atoms with Crippen LogP contribution in [0.2, 0.25) is 5.02 Å². The first-order valence-corrected chi connectivity index (χ1v) is 10.8. The van der Waals surface area contributed by atoms with E-state index in [-0.39, 0.29) is 10.8 Å². The third-order valence-electron chi connectivity index (χ3n) is 6.36. The molecule has 0 bridgehead atoms. The van der Waals surface area contributed by atoms with Crippen LogP contribution in [0.25, 0.3) is 0 Å². The molecule has 0 nitrogen and oxygen atoms in total. The summed E-state index contributed by atoms with van der Waals surface area (Å²) in [6, 6.07) is 10.0. The fourth-order valence-electron chi connectivity index (χ4n) is 4.87. The van der Waals surface area contributed by atoms with Crippen molar-refractivity contribution in [1.29, 1.82) is 0 Å². The van der Waals surface area contributed by atoms with Gasteiger partial charge >= 0.3 is 0 Å². The molecule has 4 rings (SSSR count). The van der Waals surface area contributed by atoms with Gasteiger partial charge in [0.2, 0.25) is 0 Å². The van der Waals surface area contributed by atoms with E-state index >= 15 is 0 Å². The number of hydrogen-bond acceptors (Lipinski definition) is 0. The van der Waals surface area contributed by atoms with Gasteiger partial charge in [-0.15, -0.1) is 0 Å². The van der Waals surface area contributed by atoms with Gasteiger partial charge in [-0.3, -0.25) is 0 Å². The van der Waals surface area contributed by atoms with Crippen molar-refractivity contribution in [2.24, 2.45) is 5.92 Å². The van der Waals surface area contributed by atoms with Gasteiger partial charge in [0, 0.05) is 0 Å². The topological polar surface area (TPSA) is 0 Å². The normalized spacial score (nSPS) is 21.9. The van der Waals surface area contributed by atoms with E-state index in [4.69, 9.17) is 11.6 Å². The van der Waals surface area contributed by atoms with Crippen LogP contribution in [0.5, 0.6) is 0 Å². The maximum atomic E-state index is 13.9. The first-order valence-electron chi connectivity index (χ1n) is 10.4. The van der Waals surface area contributed by atoms with Crippen LogP contribution in [0.1, 0.15) is 66.3 Å². The summed E-state index contributed by atoms with van der Waals surface area (Å²) in [5.41, 5.74) is 7.33. The molecule has 142 valence electrons. The molecule has 0 radical (unpaired) electrons. The summed E-state index contributed by atoms with van der Waals surface area (Å²) in [5, 5.41) is 0.214. The largest absolute Gasteiger partial charge is 0.205 e. The Labute approximate surface area is 167 Å². The molecule has 2 unspecified atom stereocenters. The number of halogens is 2. The van der Waals surface area contributed by atoms with Crippen molar-refractivity contribution in [3.8, 4) is 0 Å². The predicted molar refractivity (Wildman–Crippen MR) is 112 cm³/mol. The van der Waals surface area contributed by atoms with Gasteiger partial charge in [0.25, 0.3) is 0 Å². The fraction of sp³-hybridized carbons (Fsp3) is 0.440. The smallest absolute Gasteiger partial charge is 0.142 e. The molecule has 2 aromatic carbocycles. The molecule has 0 saturated carbocycles. The minimum atomic E-state index is -0.299. The summed E-state index contributed by atoms with van der Waals surface area (Å²) in [7, 11) is 0. The molecule has 2 heteroatoms. The lowest BCUT2D eigenvalue weighted by Crippen LogP contribution is -2.20. The fourth-order valence-corrected chi connectivity index (χ4v) is 4.98. The van der Waals surface area contributed by atoms with Gasteiger partial charge < -0.3 is 0 Å². The molecule has 0 aromatic heterocycles. The van der Waals surface area contributed by atoms with E-state index < -0.39 is 0 Å². The van der Waals surface area contributed by atoms with Gasteiger partial charge in [0.15, 0.2) is 0 Å². The molecule has 2 atom stereocenters. The quantitative estimate of drug-likeness (QED) is 0.490. The Hall–Kier alpha value is -1.60. The van der Waals surface area contributed by atoms with Crippen LogP contribution in [-0.2, 0) is 25.7 Å². The average Bonchev–Trinajstić information content (AvgIpc) is 2.69. The zero-order valence-electron chi connectivity index (χ0n) is 16.1. The van der Waals surface area contributed by atoms with E-state index in [0.29, 0.717) is 11.8 Å². The maximum absolute atomic E-state index is 13.9. The molecule has 0 aliphatic heterocycles. The second-order valence-corrected chi connectivity index (χ2v) is 8.58. The van der Waals surface area contributed by atoms with E-state index in [2.05, 4.69) is 31.2 Å². The van der Waals surface area contributed by atoms with Gasteiger partial charge in [-0.25, -0.2) is 4.39 Å². The molecule has 27 heavy (non-hydrogen) atoms. The maximum Gasteiger partial charge on any atom is 0.142 e. The molecular formula is C25H28ClF. The highest BCUT2D eigenvalue weighted by molar-refractivity contribution is 6.30. The number of fused-ring (bicyclic) bond motifs is 3. The number of unbranched alkanes of at least 4 members (excludes halogenated alkanes) is 1. The molecule has 2 aliphatic rings. The summed E-state index contributed by atoms with van der Waals surface area (Å²) >= 11 is 5.85. The number of benzene rings is 2. The monoisotopic (exact) mass is 382 g/mol. The van der Waals surface area contributed by atoms with E-state index in [1.807, 2.05) is 6.07 Å². The molecule has 0 heterocycles. The zero-order valence-corrected chi connectivity index (χ0v) is 16.9. The van der Waals surface area contributed by atoms with Crippen molar-refractivity contribution >= 4 is 11.6 Å². The van der Waals surface area contributed by atoms with Crippen molar-refractivity contribution < 1.29 is 4.39 Å². The molecule has 0 N–H and O–H groups in total. The van der Waals surface area contributed by atoms with Crippen molar-refractivity contribution in [2.75, 3.05) is 0 Å². The van der Waals surface area contributed by atoms with E-state index in [0.717, 1.165) is 24.8 Å². The summed E-state index contributed by atoms with van der Waals surface area (Å²) in [5.74, 6) is 0.804. The molecule has 2 aromatic rings. The average molecular weight is 383 g/mol. The molecule has 2 aliphatic carbocycles. The SMILES string of the molecule is CCCC=CC1CCc2c(ccc3c2CCC(c2ccc(Cl)c(F)c2)C3)C1. The second-order valence-electron chi connectivity index (χ2n) is 8.17. The van der Waals surface area contributed by atoms with Gasteiger partial charge in [-0.05, 0) is 96.7 Å². The van der Waals surface area contributed by atoms with Crippen molar-refractivity contribution in [1.82, 2.24) is 0 Å². The molecule has 0 spiro atoms. The van der Waals surface area contributed by atoms with Crippen LogP contribution >= 0.6 is 11.6 Å². The molecule has 0 fully saturated rings. The standard InChI is InChI=1S/C25H28ClF/c1-2-3-4-5-17-6-11-22-20(14-17)7-8-21-15-18(9-12-23(21)22)19-10-13-24(26)25(27)16-19/h4-5,7-8,10,13,16-18H,2-3,6,9,11-12,14-15H2,1H3. The minimum Gasteiger partial charge on any atom is -0.205 e. The lowest BCUT2D eigenvalue weighted by molar-refractivity contribution is 0.531. The van der Waals surface area contributed by atoms with Crippen LogP contribution in [0.3, 0.4) is 0 Å². The number of hydrogen-bond donors (Lipinski definition) is 0. The Bertz CT molecular complexity index is 852. The highest BCUT2D eigenvalue weighted by Crippen LogP contribution is 2.39. The molecule has 0 amide bonds. The Morgan fingerprint density at radius 2 is 1.78 bits per heavy atom. The number of allylic oxidation sites excluding steroid dienone is 2. The molecule has 0 saturated heterocycles. The second kappa shape index (κ2) is 8.19. The highest BCUT2D eigenvalue weighted by Gasteiger charge is 2.26. The van der Waals surface area contributed by atoms with Gasteiger partial charge in [-0.2, -0.15) is 0 Å². The lowest BCUT2D eigenvalue weighted by atomic mass is 9.74. The Balaban J connectivity index is 1.52. The first kappa shape index (κ1) is 18.7. The third-order valence-corrected chi connectivity index (χ3v) is 6.67. The highest BCUT2D eigenvalue weighted by atomic mass is 35.5. The first-order chi connectivity index (χ1) is 13.2. The van der Waals surface area contributed by atoms with E-state index in [9.17, 15) is 4.39 Å². The summed E-state index contributed by atoms with van der Waals surface area (Å²) < 4.78 is 13.9. The van der Waals surface area contributed by atoms with Gasteiger partial charge in [0.1, 0.15) is 5.82 Å². The van der Waals surface area contributed by atoms with Crippen molar-refractivity contribution in [3.05, 3.63) is 81.1 Å².